The van der Waals surface area contributed by atoms with Gasteiger partial charge in [-0.05, 0) is 30.4 Å². The minimum atomic E-state index is -0.148. The monoisotopic (exact) mass is 190 g/mol. The Morgan fingerprint density at radius 1 is 1.55 bits per heavy atom. The van der Waals surface area contributed by atoms with Gasteiger partial charge in [0.05, 0.1) is 0 Å². The Morgan fingerprint density at radius 3 is 2.91 bits per heavy atom. The Morgan fingerprint density at radius 2 is 2.27 bits per heavy atom. The predicted molar refractivity (Wildman–Crippen MR) is 46.9 cm³/mol. The molecule has 0 amide bonds. The fraction of sp³-hybridized carbons (Fsp3) is 0.571. The molecule has 2 rings (SSSR count). The van der Waals surface area contributed by atoms with Crippen molar-refractivity contribution in [3.05, 3.63) is 11.6 Å². The van der Waals surface area contributed by atoms with Crippen LogP contribution in [0.25, 0.3) is 0 Å². The van der Waals surface area contributed by atoms with E-state index in [9.17, 15) is 0 Å². The molecule has 1 atom stereocenters. The first-order valence-electron chi connectivity index (χ1n) is 3.61. The van der Waals surface area contributed by atoms with Crippen molar-refractivity contribution in [3.8, 4) is 0 Å². The van der Waals surface area contributed by atoms with Crippen LogP contribution < -0.4 is 5.43 Å². The average molecular weight is 191 g/mol. The van der Waals surface area contributed by atoms with E-state index in [0.29, 0.717) is 11.1 Å². The van der Waals surface area contributed by atoms with Crippen LogP contribution in [0.2, 0.25) is 0 Å². The summed E-state index contributed by atoms with van der Waals surface area (Å²) in [6.07, 6.45) is 4.34. The summed E-state index contributed by atoms with van der Waals surface area (Å²) in [7, 11) is 0. The second-order valence-electron chi connectivity index (χ2n) is 2.84. The largest absolute Gasteiger partial charge is 0.287 e. The Bertz CT molecular complexity index is 231. The highest BCUT2D eigenvalue weighted by atomic mass is 35.5. The van der Waals surface area contributed by atoms with E-state index in [1.807, 2.05) is 6.08 Å². The molecule has 0 bridgehead atoms. The molecule has 4 heteroatoms. The number of nitrogens with one attached hydrogen (secondary N) is 1. The molecule has 1 saturated carbocycles. The first-order valence-corrected chi connectivity index (χ1v) is 4.43. The molecular formula is C7H8Cl2N2. The van der Waals surface area contributed by atoms with Gasteiger partial charge in [-0.2, -0.15) is 5.10 Å². The molecule has 0 radical (unpaired) electrons. The number of nitrogens with zero attached hydrogens (tertiary/aromatic N) is 1. The summed E-state index contributed by atoms with van der Waals surface area (Å²) in [6.45, 7) is 0. The summed E-state index contributed by atoms with van der Waals surface area (Å²) >= 11 is 11.6. The Kier molecular flexibility index (Phi) is 1.81. The molecule has 0 aromatic rings. The zero-order valence-electron chi connectivity index (χ0n) is 5.85. The molecule has 0 aromatic carbocycles. The zero-order valence-corrected chi connectivity index (χ0v) is 7.36. The van der Waals surface area contributed by atoms with Crippen LogP contribution in [-0.2, 0) is 0 Å². The van der Waals surface area contributed by atoms with Gasteiger partial charge < -0.3 is 0 Å². The van der Waals surface area contributed by atoms with E-state index in [0.717, 1.165) is 0 Å². The van der Waals surface area contributed by atoms with Gasteiger partial charge in [-0.3, -0.25) is 5.43 Å². The maximum Gasteiger partial charge on any atom is 0.149 e. The second-order valence-corrected chi connectivity index (χ2v) is 3.67. The van der Waals surface area contributed by atoms with Gasteiger partial charge in [0.2, 0.25) is 0 Å². The van der Waals surface area contributed by atoms with Gasteiger partial charge in [-0.25, -0.2) is 0 Å². The van der Waals surface area contributed by atoms with E-state index in [1.54, 1.807) is 0 Å². The molecule has 1 unspecified atom stereocenters. The Hall–Kier alpha value is -0.210. The first-order chi connectivity index (χ1) is 5.27. The maximum absolute atomic E-state index is 5.94. The van der Waals surface area contributed by atoms with Crippen LogP contribution in [0.4, 0.5) is 0 Å². The van der Waals surface area contributed by atoms with Crippen molar-refractivity contribution >= 4 is 28.4 Å². The van der Waals surface area contributed by atoms with Gasteiger partial charge in [-0.15, -0.1) is 0 Å². The maximum atomic E-state index is 5.94. The molecular weight excluding hydrogens is 183 g/mol. The van der Waals surface area contributed by atoms with Crippen molar-refractivity contribution in [2.45, 2.75) is 18.3 Å². The molecule has 11 heavy (non-hydrogen) atoms. The SMILES string of the molecule is ClC1=NNC(Cl)C(C2CC2)=C1. The van der Waals surface area contributed by atoms with Gasteiger partial charge in [0.1, 0.15) is 10.7 Å². The van der Waals surface area contributed by atoms with Crippen molar-refractivity contribution in [1.29, 1.82) is 0 Å². The number of hydrazone groups is 1. The first kappa shape index (κ1) is 7.44. The van der Waals surface area contributed by atoms with Crippen molar-refractivity contribution in [2.24, 2.45) is 11.0 Å². The second kappa shape index (κ2) is 2.68. The fourth-order valence-electron chi connectivity index (χ4n) is 1.18. The molecule has 1 aliphatic heterocycles. The molecule has 1 heterocycles. The van der Waals surface area contributed by atoms with Crippen LogP contribution in [0, 0.1) is 5.92 Å². The molecule has 0 saturated heterocycles. The van der Waals surface area contributed by atoms with E-state index in [-0.39, 0.29) is 5.50 Å². The third-order valence-electron chi connectivity index (χ3n) is 1.91. The summed E-state index contributed by atoms with van der Waals surface area (Å²) in [5.41, 5.74) is 3.79. The summed E-state index contributed by atoms with van der Waals surface area (Å²) in [5, 5.41) is 4.30. The predicted octanol–water partition coefficient (Wildman–Crippen LogP) is 2.04. The molecule has 1 N–H and O–H groups in total. The van der Waals surface area contributed by atoms with Crippen LogP contribution in [0.3, 0.4) is 0 Å². The van der Waals surface area contributed by atoms with E-state index < -0.39 is 0 Å². The topological polar surface area (TPSA) is 24.4 Å². The van der Waals surface area contributed by atoms with Crippen molar-refractivity contribution < 1.29 is 0 Å². The normalized spacial score (nSPS) is 30.5. The fourth-order valence-corrected chi connectivity index (χ4v) is 1.64. The van der Waals surface area contributed by atoms with Crippen LogP contribution >= 0.6 is 23.2 Å². The molecule has 0 aromatic heterocycles. The highest BCUT2D eigenvalue weighted by Gasteiger charge is 2.31. The lowest BCUT2D eigenvalue weighted by Crippen LogP contribution is -2.26. The molecule has 0 spiro atoms. The van der Waals surface area contributed by atoms with E-state index in [2.05, 4.69) is 10.5 Å². The molecule has 2 aliphatic rings. The smallest absolute Gasteiger partial charge is 0.149 e. The lowest BCUT2D eigenvalue weighted by atomic mass is 10.1. The van der Waals surface area contributed by atoms with E-state index in [4.69, 9.17) is 23.2 Å². The number of halogens is 2. The molecule has 2 nitrogen and oxygen atoms in total. The number of rotatable bonds is 1. The Labute approximate surface area is 75.2 Å². The van der Waals surface area contributed by atoms with Crippen LogP contribution in [0.5, 0.6) is 0 Å². The van der Waals surface area contributed by atoms with Crippen molar-refractivity contribution in [2.75, 3.05) is 0 Å². The summed E-state index contributed by atoms with van der Waals surface area (Å²) in [4.78, 5) is 0. The number of allylic oxidation sites excluding steroid dienone is 1. The van der Waals surface area contributed by atoms with Gasteiger partial charge in [0.15, 0.2) is 0 Å². The quantitative estimate of drug-likeness (QED) is 0.497. The summed E-state index contributed by atoms with van der Waals surface area (Å²) in [6, 6.07) is 0. The molecule has 1 aliphatic carbocycles. The molecule has 60 valence electrons. The average Bonchev–Trinajstić information content (AvgIpc) is 2.76. The van der Waals surface area contributed by atoms with E-state index in [1.165, 1.54) is 18.4 Å². The lowest BCUT2D eigenvalue weighted by Gasteiger charge is -2.16. The summed E-state index contributed by atoms with van der Waals surface area (Å²) in [5.74, 6) is 0.647. The third kappa shape index (κ3) is 1.52. The highest BCUT2D eigenvalue weighted by molar-refractivity contribution is 6.68. The van der Waals surface area contributed by atoms with Crippen LogP contribution in [0.15, 0.2) is 16.8 Å². The molecule has 1 fully saturated rings. The standard InChI is InChI=1S/C7H8Cl2N2/c8-6-3-5(4-1-2-4)7(9)11-10-6/h3-4,7,11H,1-2H2. The minimum Gasteiger partial charge on any atom is -0.287 e. The van der Waals surface area contributed by atoms with Gasteiger partial charge in [0.25, 0.3) is 0 Å². The minimum absolute atomic E-state index is 0.148. The van der Waals surface area contributed by atoms with Crippen LogP contribution in [0.1, 0.15) is 12.8 Å². The lowest BCUT2D eigenvalue weighted by molar-refractivity contribution is 0.701. The number of alkyl halides is 1. The number of hydrogen-bond donors (Lipinski definition) is 1. The van der Waals surface area contributed by atoms with Gasteiger partial charge in [-0.1, -0.05) is 23.2 Å². The summed E-state index contributed by atoms with van der Waals surface area (Å²) < 4.78 is 0. The zero-order chi connectivity index (χ0) is 7.84. The van der Waals surface area contributed by atoms with Gasteiger partial charge >= 0.3 is 0 Å². The highest BCUT2D eigenvalue weighted by Crippen LogP contribution is 2.39. The van der Waals surface area contributed by atoms with Crippen LogP contribution in [-0.4, -0.2) is 10.7 Å². The van der Waals surface area contributed by atoms with E-state index >= 15 is 0 Å². The Balaban J connectivity index is 2.18. The third-order valence-corrected chi connectivity index (χ3v) is 2.46. The number of hydrogen-bond acceptors (Lipinski definition) is 2. The van der Waals surface area contributed by atoms with Crippen molar-refractivity contribution in [1.82, 2.24) is 5.43 Å². The van der Waals surface area contributed by atoms with Crippen molar-refractivity contribution in [3.63, 3.8) is 0 Å². The van der Waals surface area contributed by atoms with Gasteiger partial charge in [0, 0.05) is 0 Å².